The predicted octanol–water partition coefficient (Wildman–Crippen LogP) is 3.99. The number of ketones is 1. The molecule has 0 rings (SSSR count). The van der Waals surface area contributed by atoms with Crippen molar-refractivity contribution < 1.29 is 4.79 Å². The molecule has 0 aliphatic rings. The van der Waals surface area contributed by atoms with E-state index in [1.807, 2.05) is 0 Å². The fourth-order valence-electron chi connectivity index (χ4n) is 0.878. The van der Waals surface area contributed by atoms with Gasteiger partial charge in [0.15, 0.2) is 0 Å². The zero-order valence-corrected chi connectivity index (χ0v) is 9.93. The Kier molecular flexibility index (Phi) is 8.00. The van der Waals surface area contributed by atoms with Crippen molar-refractivity contribution in [1.82, 2.24) is 0 Å². The Morgan fingerprint density at radius 1 is 1.38 bits per heavy atom. The largest absolute Gasteiger partial charge is 0.300 e. The van der Waals surface area contributed by atoms with E-state index in [9.17, 15) is 4.79 Å². The maximum atomic E-state index is 10.6. The third-order valence-electron chi connectivity index (χ3n) is 1.58. The Bertz CT molecular complexity index is 204. The number of halogens is 1. The summed E-state index contributed by atoms with van der Waals surface area (Å²) >= 11 is 3.46. The molecule has 74 valence electrons. The number of carbonyl (C=O) groups is 1. The molecule has 1 nitrogen and oxygen atoms in total. The van der Waals surface area contributed by atoms with Crippen molar-refractivity contribution in [1.29, 1.82) is 0 Å². The summed E-state index contributed by atoms with van der Waals surface area (Å²) in [6.07, 6.45) is 9.85. The molecule has 0 aromatic carbocycles. The van der Waals surface area contributed by atoms with E-state index in [1.165, 1.54) is 4.48 Å². The number of Topliss-reactive ketones (excluding diaryl/α,β-unsaturated/α-hetero) is 1. The summed E-state index contributed by atoms with van der Waals surface area (Å²) in [5, 5.41) is 0. The van der Waals surface area contributed by atoms with Crippen molar-refractivity contribution in [3.05, 3.63) is 22.7 Å². The topological polar surface area (TPSA) is 17.1 Å². The monoisotopic (exact) mass is 244 g/mol. The van der Waals surface area contributed by atoms with Gasteiger partial charge >= 0.3 is 0 Å². The third kappa shape index (κ3) is 9.54. The SMILES string of the molecule is CC/C=C\C/C(Br)=C/CCC(C)=O. The second-order valence-corrected chi connectivity index (χ2v) is 3.99. The highest BCUT2D eigenvalue weighted by Gasteiger charge is 1.91. The van der Waals surface area contributed by atoms with Crippen molar-refractivity contribution in [2.24, 2.45) is 0 Å². The predicted molar refractivity (Wildman–Crippen MR) is 61.0 cm³/mol. The van der Waals surface area contributed by atoms with Crippen LogP contribution in [0.2, 0.25) is 0 Å². The lowest BCUT2D eigenvalue weighted by Crippen LogP contribution is -1.86. The molecule has 0 amide bonds. The molecule has 0 radical (unpaired) electrons. The van der Waals surface area contributed by atoms with Crippen LogP contribution in [-0.4, -0.2) is 5.78 Å². The van der Waals surface area contributed by atoms with Gasteiger partial charge in [-0.05, 0) is 30.7 Å². The first-order valence-electron chi connectivity index (χ1n) is 4.65. The van der Waals surface area contributed by atoms with Crippen molar-refractivity contribution >= 4 is 21.7 Å². The molecule has 0 heterocycles. The molecule has 0 N–H and O–H groups in total. The van der Waals surface area contributed by atoms with Crippen LogP contribution in [0.1, 0.15) is 39.5 Å². The van der Waals surface area contributed by atoms with Gasteiger partial charge in [-0.2, -0.15) is 0 Å². The maximum Gasteiger partial charge on any atom is 0.130 e. The third-order valence-corrected chi connectivity index (χ3v) is 2.22. The molecule has 0 spiro atoms. The molecule has 0 fully saturated rings. The summed E-state index contributed by atoms with van der Waals surface area (Å²) in [6.45, 7) is 3.74. The molecule has 0 saturated heterocycles. The van der Waals surface area contributed by atoms with Crippen LogP contribution in [0.15, 0.2) is 22.7 Å². The lowest BCUT2D eigenvalue weighted by Gasteiger charge is -1.93. The fourth-order valence-corrected chi connectivity index (χ4v) is 1.29. The Morgan fingerprint density at radius 3 is 2.62 bits per heavy atom. The Morgan fingerprint density at radius 2 is 2.08 bits per heavy atom. The van der Waals surface area contributed by atoms with E-state index in [1.54, 1.807) is 6.92 Å². The van der Waals surface area contributed by atoms with E-state index in [0.29, 0.717) is 6.42 Å². The van der Waals surface area contributed by atoms with Crippen LogP contribution in [0.3, 0.4) is 0 Å². The fraction of sp³-hybridized carbons (Fsp3) is 0.545. The molecule has 0 aliphatic heterocycles. The molecule has 0 saturated carbocycles. The standard InChI is InChI=1S/C11H17BrO/c1-3-4-5-8-11(12)9-6-7-10(2)13/h4-5,9H,3,6-8H2,1-2H3/b5-4-,11-9-. The molecule has 2 heteroatoms. The Balaban J connectivity index is 3.62. The van der Waals surface area contributed by atoms with Crippen LogP contribution >= 0.6 is 15.9 Å². The summed E-state index contributed by atoms with van der Waals surface area (Å²) in [6, 6.07) is 0. The number of rotatable bonds is 6. The van der Waals surface area contributed by atoms with Crippen LogP contribution in [0.4, 0.5) is 0 Å². The molecule has 0 aromatic rings. The van der Waals surface area contributed by atoms with Gasteiger partial charge in [-0.15, -0.1) is 0 Å². The zero-order valence-electron chi connectivity index (χ0n) is 8.35. The van der Waals surface area contributed by atoms with Crippen molar-refractivity contribution in [3.8, 4) is 0 Å². The minimum absolute atomic E-state index is 0.251. The van der Waals surface area contributed by atoms with Crippen LogP contribution < -0.4 is 0 Å². The van der Waals surface area contributed by atoms with E-state index in [2.05, 4.69) is 41.1 Å². The lowest BCUT2D eigenvalue weighted by molar-refractivity contribution is -0.116. The molecule has 0 aromatic heterocycles. The van der Waals surface area contributed by atoms with Gasteiger partial charge in [0.1, 0.15) is 5.78 Å². The Hall–Kier alpha value is -0.370. The van der Waals surface area contributed by atoms with Crippen molar-refractivity contribution in [2.45, 2.75) is 39.5 Å². The second-order valence-electron chi connectivity index (χ2n) is 2.98. The lowest BCUT2D eigenvalue weighted by atomic mass is 10.2. The molecule has 0 bridgehead atoms. The van der Waals surface area contributed by atoms with Crippen LogP contribution in [0, 0.1) is 0 Å². The van der Waals surface area contributed by atoms with E-state index < -0.39 is 0 Å². The van der Waals surface area contributed by atoms with E-state index in [0.717, 1.165) is 19.3 Å². The number of hydrogen-bond acceptors (Lipinski definition) is 1. The molecule has 0 unspecified atom stereocenters. The van der Waals surface area contributed by atoms with E-state index in [-0.39, 0.29) is 5.78 Å². The van der Waals surface area contributed by atoms with Gasteiger partial charge in [0, 0.05) is 6.42 Å². The molecule has 0 atom stereocenters. The summed E-state index contributed by atoms with van der Waals surface area (Å²) < 4.78 is 1.17. The molecular weight excluding hydrogens is 228 g/mol. The summed E-state index contributed by atoms with van der Waals surface area (Å²) in [7, 11) is 0. The molecule has 13 heavy (non-hydrogen) atoms. The number of hydrogen-bond donors (Lipinski definition) is 0. The first-order valence-corrected chi connectivity index (χ1v) is 5.45. The normalized spacial score (nSPS) is 12.4. The van der Waals surface area contributed by atoms with Gasteiger partial charge in [-0.3, -0.25) is 0 Å². The number of carbonyl (C=O) groups excluding carboxylic acids is 1. The van der Waals surface area contributed by atoms with Gasteiger partial charge in [0.25, 0.3) is 0 Å². The van der Waals surface area contributed by atoms with Gasteiger partial charge in [-0.1, -0.05) is 41.1 Å². The van der Waals surface area contributed by atoms with E-state index >= 15 is 0 Å². The highest BCUT2D eigenvalue weighted by Crippen LogP contribution is 2.12. The van der Waals surface area contributed by atoms with Crippen molar-refractivity contribution in [3.63, 3.8) is 0 Å². The van der Waals surface area contributed by atoms with Gasteiger partial charge in [-0.25, -0.2) is 0 Å². The van der Waals surface area contributed by atoms with Crippen molar-refractivity contribution in [2.75, 3.05) is 0 Å². The van der Waals surface area contributed by atoms with E-state index in [4.69, 9.17) is 0 Å². The summed E-state index contributed by atoms with van der Waals surface area (Å²) in [4.78, 5) is 10.6. The average Bonchev–Trinajstić information content (AvgIpc) is 2.04. The smallest absolute Gasteiger partial charge is 0.130 e. The number of allylic oxidation sites excluding steroid dienone is 4. The highest BCUT2D eigenvalue weighted by atomic mass is 79.9. The highest BCUT2D eigenvalue weighted by molar-refractivity contribution is 9.11. The minimum Gasteiger partial charge on any atom is -0.300 e. The van der Waals surface area contributed by atoms with Crippen LogP contribution in [0.25, 0.3) is 0 Å². The minimum atomic E-state index is 0.251. The van der Waals surface area contributed by atoms with Gasteiger partial charge in [0.05, 0.1) is 0 Å². The van der Waals surface area contributed by atoms with Crippen LogP contribution in [-0.2, 0) is 4.79 Å². The first kappa shape index (κ1) is 12.6. The zero-order chi connectivity index (χ0) is 10.1. The summed E-state index contributed by atoms with van der Waals surface area (Å²) in [5.41, 5.74) is 0. The average molecular weight is 245 g/mol. The first-order chi connectivity index (χ1) is 6.16. The van der Waals surface area contributed by atoms with Gasteiger partial charge in [0.2, 0.25) is 0 Å². The molecular formula is C11H17BrO. The maximum absolute atomic E-state index is 10.6. The molecule has 0 aliphatic carbocycles. The quantitative estimate of drug-likeness (QED) is 0.646. The Labute approximate surface area is 89.0 Å². The van der Waals surface area contributed by atoms with Gasteiger partial charge < -0.3 is 4.79 Å². The summed E-state index contributed by atoms with van der Waals surface area (Å²) in [5.74, 6) is 0.251. The second kappa shape index (κ2) is 8.24. The van der Waals surface area contributed by atoms with Crippen LogP contribution in [0.5, 0.6) is 0 Å².